The molecule has 2 aliphatic carbocycles. The number of Topliss-reactive ketones (excluding diaryl/α,β-unsaturated/α-hetero) is 1. The standard InChI is InChI=1S/C16H20O9/c1-14(22)5-15(23)10(18)7-3-6(25-2)4-8(17)9(7)11(19)16(15,24)13(21)12(14)20/h3-4,10,12-13,17-18,20-24H,5H2,1-2H3/t10-,12+,13-,14+,15+,16+/m0/s1. The lowest BCUT2D eigenvalue weighted by Crippen LogP contribution is -2.79. The molecule has 9 heteroatoms. The summed E-state index contributed by atoms with van der Waals surface area (Å²) in [4.78, 5) is 12.8. The normalized spacial score (nSPS) is 43.4. The number of hydrogen-bond donors (Lipinski definition) is 7. The van der Waals surface area contributed by atoms with Crippen molar-refractivity contribution in [3.63, 3.8) is 0 Å². The molecule has 9 nitrogen and oxygen atoms in total. The van der Waals surface area contributed by atoms with Gasteiger partial charge in [-0.15, -0.1) is 0 Å². The van der Waals surface area contributed by atoms with Gasteiger partial charge in [-0.25, -0.2) is 0 Å². The van der Waals surface area contributed by atoms with E-state index >= 15 is 0 Å². The molecule has 0 heterocycles. The van der Waals surface area contributed by atoms with Crippen molar-refractivity contribution in [2.75, 3.05) is 7.11 Å². The van der Waals surface area contributed by atoms with Crippen LogP contribution in [0.3, 0.4) is 0 Å². The van der Waals surface area contributed by atoms with Crippen LogP contribution >= 0.6 is 0 Å². The van der Waals surface area contributed by atoms with Crippen LogP contribution in [0.1, 0.15) is 35.4 Å². The maximum atomic E-state index is 12.8. The Hall–Kier alpha value is -1.75. The van der Waals surface area contributed by atoms with E-state index in [1.54, 1.807) is 0 Å². The van der Waals surface area contributed by atoms with Crippen LogP contribution in [-0.2, 0) is 0 Å². The third-order valence-electron chi connectivity index (χ3n) is 5.33. The number of hydrogen-bond acceptors (Lipinski definition) is 9. The number of methoxy groups -OCH3 is 1. The summed E-state index contributed by atoms with van der Waals surface area (Å²) in [6.07, 6.45) is -7.05. The van der Waals surface area contributed by atoms with Gasteiger partial charge in [0.25, 0.3) is 0 Å². The van der Waals surface area contributed by atoms with Crippen molar-refractivity contribution in [1.29, 1.82) is 0 Å². The van der Waals surface area contributed by atoms with E-state index in [1.165, 1.54) is 13.2 Å². The van der Waals surface area contributed by atoms with Crippen molar-refractivity contribution < 1.29 is 45.3 Å². The van der Waals surface area contributed by atoms with Crippen molar-refractivity contribution in [1.82, 2.24) is 0 Å². The van der Waals surface area contributed by atoms with Gasteiger partial charge in [0.15, 0.2) is 5.60 Å². The molecule has 0 amide bonds. The summed E-state index contributed by atoms with van der Waals surface area (Å²) in [5.74, 6) is -1.83. The Labute approximate surface area is 142 Å². The molecule has 138 valence electrons. The quantitative estimate of drug-likeness (QED) is 0.300. The molecule has 0 saturated heterocycles. The predicted octanol–water partition coefficient (Wildman–Crippen LogP) is -2.03. The van der Waals surface area contributed by atoms with E-state index in [9.17, 15) is 40.5 Å². The molecule has 1 aromatic rings. The molecule has 3 rings (SSSR count). The minimum atomic E-state index is -3.03. The van der Waals surface area contributed by atoms with Gasteiger partial charge in [0.1, 0.15) is 35.4 Å². The first-order chi connectivity index (χ1) is 11.4. The van der Waals surface area contributed by atoms with Crippen molar-refractivity contribution in [2.24, 2.45) is 0 Å². The highest BCUT2D eigenvalue weighted by Gasteiger charge is 2.73. The number of rotatable bonds is 1. The Morgan fingerprint density at radius 3 is 2.28 bits per heavy atom. The number of ketones is 1. The van der Waals surface area contributed by atoms with Gasteiger partial charge < -0.3 is 40.5 Å². The van der Waals surface area contributed by atoms with Gasteiger partial charge in [0.2, 0.25) is 5.78 Å². The number of carbonyl (C=O) groups excluding carboxylic acids is 1. The molecule has 0 bridgehead atoms. The number of phenols is 1. The van der Waals surface area contributed by atoms with Gasteiger partial charge in [0.05, 0.1) is 18.3 Å². The van der Waals surface area contributed by atoms with Gasteiger partial charge in [-0.1, -0.05) is 0 Å². The Kier molecular flexibility index (Phi) is 3.71. The van der Waals surface area contributed by atoms with E-state index < -0.39 is 58.6 Å². The molecule has 0 unspecified atom stereocenters. The molecule has 25 heavy (non-hydrogen) atoms. The zero-order chi connectivity index (χ0) is 18.9. The summed E-state index contributed by atoms with van der Waals surface area (Å²) < 4.78 is 4.95. The zero-order valence-electron chi connectivity index (χ0n) is 13.5. The van der Waals surface area contributed by atoms with Crippen LogP contribution in [0.5, 0.6) is 11.5 Å². The molecular weight excluding hydrogens is 336 g/mol. The Bertz CT molecular complexity index is 745. The number of aliphatic hydroxyl groups excluding tert-OH is 3. The van der Waals surface area contributed by atoms with E-state index in [4.69, 9.17) is 4.74 Å². The SMILES string of the molecule is COc1cc(O)c2c(c1)[C@H](O)[C@]1(O)C[C@@](C)(O)[C@H](O)[C@H](O)[C@]1(O)C2=O. The molecule has 1 fully saturated rings. The lowest BCUT2D eigenvalue weighted by molar-refractivity contribution is -0.301. The monoisotopic (exact) mass is 356 g/mol. The van der Waals surface area contributed by atoms with E-state index in [2.05, 4.69) is 0 Å². The van der Waals surface area contributed by atoms with Gasteiger partial charge in [-0.3, -0.25) is 4.79 Å². The maximum Gasteiger partial charge on any atom is 0.204 e. The maximum absolute atomic E-state index is 12.8. The largest absolute Gasteiger partial charge is 0.507 e. The molecule has 7 N–H and O–H groups in total. The van der Waals surface area contributed by atoms with Gasteiger partial charge in [-0.2, -0.15) is 0 Å². The number of benzene rings is 1. The molecule has 1 aromatic carbocycles. The second kappa shape index (κ2) is 5.13. The zero-order valence-corrected chi connectivity index (χ0v) is 13.5. The summed E-state index contributed by atoms with van der Waals surface area (Å²) in [7, 11) is 1.29. The highest BCUT2D eigenvalue weighted by atomic mass is 16.5. The van der Waals surface area contributed by atoms with E-state index in [-0.39, 0.29) is 11.3 Å². The average molecular weight is 356 g/mol. The van der Waals surface area contributed by atoms with Crippen LogP contribution in [0.4, 0.5) is 0 Å². The van der Waals surface area contributed by atoms with Crippen molar-refractivity contribution in [3.8, 4) is 11.5 Å². The van der Waals surface area contributed by atoms with Gasteiger partial charge in [-0.05, 0) is 13.0 Å². The van der Waals surface area contributed by atoms with Gasteiger partial charge >= 0.3 is 0 Å². The molecule has 0 aliphatic heterocycles. The number of fused-ring (bicyclic) bond motifs is 2. The number of aliphatic hydroxyl groups is 6. The van der Waals surface area contributed by atoms with Crippen LogP contribution < -0.4 is 4.74 Å². The van der Waals surface area contributed by atoms with Crippen LogP contribution in [-0.4, -0.2) is 77.6 Å². The van der Waals surface area contributed by atoms with Crippen molar-refractivity contribution >= 4 is 5.78 Å². The fourth-order valence-corrected chi connectivity index (χ4v) is 3.90. The van der Waals surface area contributed by atoms with E-state index in [0.29, 0.717) is 0 Å². The third-order valence-corrected chi connectivity index (χ3v) is 5.33. The molecular formula is C16H20O9. The third kappa shape index (κ3) is 2.02. The number of phenolic OH excluding ortho intramolecular Hbond substituents is 1. The van der Waals surface area contributed by atoms with Crippen LogP contribution in [0.15, 0.2) is 12.1 Å². The number of carbonyl (C=O) groups is 1. The van der Waals surface area contributed by atoms with Crippen LogP contribution in [0.2, 0.25) is 0 Å². The molecule has 6 atom stereocenters. The second-order valence-corrected chi connectivity index (χ2v) is 6.96. The van der Waals surface area contributed by atoms with Gasteiger partial charge in [0, 0.05) is 18.1 Å². The smallest absolute Gasteiger partial charge is 0.204 e. The Morgan fingerprint density at radius 2 is 1.72 bits per heavy atom. The highest BCUT2D eigenvalue weighted by molar-refractivity contribution is 6.09. The second-order valence-electron chi connectivity index (χ2n) is 6.96. The number of aromatic hydroxyl groups is 1. The summed E-state index contributed by atoms with van der Waals surface area (Å²) in [5, 5.41) is 73.1. The summed E-state index contributed by atoms with van der Waals surface area (Å²) >= 11 is 0. The molecule has 0 spiro atoms. The summed E-state index contributed by atoms with van der Waals surface area (Å²) in [6.45, 7) is 1.09. The number of ether oxygens (including phenoxy) is 1. The van der Waals surface area contributed by atoms with E-state index in [1.807, 2.05) is 0 Å². The summed E-state index contributed by atoms with van der Waals surface area (Å²) in [6, 6.07) is 2.26. The first-order valence-electron chi connectivity index (χ1n) is 7.59. The fourth-order valence-electron chi connectivity index (χ4n) is 3.90. The minimum absolute atomic E-state index is 0.0836. The molecule has 2 aliphatic rings. The lowest BCUT2D eigenvalue weighted by atomic mass is 9.55. The summed E-state index contributed by atoms with van der Waals surface area (Å²) in [5.41, 5.74) is -8.58. The molecule has 0 radical (unpaired) electrons. The molecule has 0 aromatic heterocycles. The first kappa shape index (κ1) is 18.1. The topological polar surface area (TPSA) is 168 Å². The molecule has 1 saturated carbocycles. The first-order valence-corrected chi connectivity index (χ1v) is 7.59. The Balaban J connectivity index is 2.31. The minimum Gasteiger partial charge on any atom is -0.507 e. The Morgan fingerprint density at radius 1 is 1.12 bits per heavy atom. The van der Waals surface area contributed by atoms with Crippen molar-refractivity contribution in [2.45, 2.75) is 48.5 Å². The fraction of sp³-hybridized carbons (Fsp3) is 0.562. The van der Waals surface area contributed by atoms with E-state index in [0.717, 1.165) is 13.0 Å². The van der Waals surface area contributed by atoms with Crippen molar-refractivity contribution in [3.05, 3.63) is 23.3 Å². The van der Waals surface area contributed by atoms with Crippen LogP contribution in [0, 0.1) is 0 Å². The predicted molar refractivity (Wildman–Crippen MR) is 81.1 cm³/mol. The lowest BCUT2D eigenvalue weighted by Gasteiger charge is -2.58. The highest BCUT2D eigenvalue weighted by Crippen LogP contribution is 2.55. The van der Waals surface area contributed by atoms with Crippen LogP contribution in [0.25, 0.3) is 0 Å². The average Bonchev–Trinajstić information content (AvgIpc) is 2.54.